The maximum Gasteiger partial charge on any atom is 0.287 e. The zero-order valence-corrected chi connectivity index (χ0v) is 10.4. The molecular weight excluding hydrogens is 230 g/mol. The first-order chi connectivity index (χ1) is 8.60. The van der Waals surface area contributed by atoms with Crippen LogP contribution in [0.25, 0.3) is 0 Å². The Balaban J connectivity index is 2.27. The smallest absolute Gasteiger partial charge is 0.287 e. The van der Waals surface area contributed by atoms with Crippen molar-refractivity contribution in [2.45, 2.75) is 26.2 Å². The molecule has 0 aromatic carbocycles. The average molecular weight is 247 g/mol. The van der Waals surface area contributed by atoms with Crippen LogP contribution in [0.1, 0.15) is 35.9 Å². The summed E-state index contributed by atoms with van der Waals surface area (Å²) in [6.45, 7) is 5.50. The number of nitrogen functional groups attached to an aromatic ring is 1. The third-order valence-corrected chi connectivity index (χ3v) is 2.70. The van der Waals surface area contributed by atoms with E-state index in [0.29, 0.717) is 17.4 Å². The lowest BCUT2D eigenvalue weighted by atomic mass is 10.2. The summed E-state index contributed by atoms with van der Waals surface area (Å²) in [5.74, 6) is 5.76. The maximum atomic E-state index is 11.7. The van der Waals surface area contributed by atoms with Gasteiger partial charge in [-0.1, -0.05) is 6.58 Å². The Hall–Kier alpha value is -1.95. The summed E-state index contributed by atoms with van der Waals surface area (Å²) in [5, 5.41) is 2.90. The van der Waals surface area contributed by atoms with Crippen molar-refractivity contribution >= 4 is 11.7 Å². The third kappa shape index (κ3) is 3.04. The first kappa shape index (κ1) is 12.5. The van der Waals surface area contributed by atoms with Gasteiger partial charge in [0, 0.05) is 5.70 Å². The number of aromatic nitrogens is 2. The molecule has 1 aromatic heterocycles. The first-order valence-electron chi connectivity index (χ1n) is 5.89. The van der Waals surface area contributed by atoms with E-state index in [1.54, 1.807) is 13.1 Å². The van der Waals surface area contributed by atoms with Crippen LogP contribution in [0.4, 0.5) is 5.82 Å². The molecule has 96 valence electrons. The Morgan fingerprint density at radius 1 is 1.61 bits per heavy atom. The van der Waals surface area contributed by atoms with Crippen molar-refractivity contribution in [3.63, 3.8) is 0 Å². The zero-order chi connectivity index (χ0) is 13.1. The van der Waals surface area contributed by atoms with E-state index < -0.39 is 5.91 Å². The molecule has 0 unspecified atom stereocenters. The molecular formula is C12H17N5O. The number of hydrogen-bond donors (Lipinski definition) is 3. The molecule has 1 saturated carbocycles. The molecule has 1 heterocycles. The molecule has 0 bridgehead atoms. The van der Waals surface area contributed by atoms with Crippen molar-refractivity contribution in [2.24, 2.45) is 11.8 Å². The molecule has 6 nitrogen and oxygen atoms in total. The molecule has 1 amide bonds. The van der Waals surface area contributed by atoms with E-state index in [4.69, 9.17) is 5.84 Å². The van der Waals surface area contributed by atoms with Gasteiger partial charge in [-0.2, -0.15) is 0 Å². The molecule has 4 N–H and O–H groups in total. The highest BCUT2D eigenvalue weighted by molar-refractivity contribution is 5.96. The quantitative estimate of drug-likeness (QED) is 0.409. The molecule has 1 aliphatic carbocycles. The summed E-state index contributed by atoms with van der Waals surface area (Å²) in [5.41, 5.74) is 3.80. The highest BCUT2D eigenvalue weighted by Crippen LogP contribution is 2.32. The van der Waals surface area contributed by atoms with Crippen LogP contribution in [0.2, 0.25) is 0 Å². The maximum absolute atomic E-state index is 11.7. The number of hydrazine groups is 1. The minimum Gasteiger partial charge on any atom is -0.343 e. The van der Waals surface area contributed by atoms with Gasteiger partial charge in [-0.15, -0.1) is 0 Å². The fraction of sp³-hybridized carbons (Fsp3) is 0.417. The fourth-order valence-corrected chi connectivity index (χ4v) is 1.66. The van der Waals surface area contributed by atoms with Gasteiger partial charge in [-0.25, -0.2) is 15.8 Å². The lowest BCUT2D eigenvalue weighted by Gasteiger charge is -2.10. The average Bonchev–Trinajstić information content (AvgIpc) is 3.13. The van der Waals surface area contributed by atoms with Crippen LogP contribution in [0.5, 0.6) is 0 Å². The largest absolute Gasteiger partial charge is 0.343 e. The molecule has 1 aromatic rings. The molecule has 0 aliphatic heterocycles. The van der Waals surface area contributed by atoms with Gasteiger partial charge < -0.3 is 5.32 Å². The summed E-state index contributed by atoms with van der Waals surface area (Å²) in [4.78, 5) is 20.2. The Morgan fingerprint density at radius 3 is 2.89 bits per heavy atom. The summed E-state index contributed by atoms with van der Waals surface area (Å²) in [6, 6.07) is 0. The van der Waals surface area contributed by atoms with E-state index in [1.807, 2.05) is 0 Å². The minimum atomic E-state index is -0.455. The van der Waals surface area contributed by atoms with E-state index in [-0.39, 0.29) is 5.69 Å². The molecule has 2 rings (SSSR count). The van der Waals surface area contributed by atoms with Crippen LogP contribution >= 0.6 is 0 Å². The van der Waals surface area contributed by atoms with Gasteiger partial charge in [-0.05, 0) is 32.1 Å². The molecule has 0 radical (unpaired) electrons. The standard InChI is InChI=1S/C12H17N5O/c1-7(2)15-11-10(12(18)17-13)16-9(6-14-11)5-8-3-4-8/h6,8H,1,3-5,13H2,2H3,(H,14,15)(H,17,18). The number of hydrogen-bond acceptors (Lipinski definition) is 5. The zero-order valence-electron chi connectivity index (χ0n) is 10.4. The van der Waals surface area contributed by atoms with Gasteiger partial charge in [0.2, 0.25) is 0 Å². The van der Waals surface area contributed by atoms with E-state index in [9.17, 15) is 4.79 Å². The van der Waals surface area contributed by atoms with E-state index in [0.717, 1.165) is 12.1 Å². The molecule has 6 heteroatoms. The summed E-state index contributed by atoms with van der Waals surface area (Å²) >= 11 is 0. The van der Waals surface area contributed by atoms with Gasteiger partial charge in [0.15, 0.2) is 11.5 Å². The van der Waals surface area contributed by atoms with Crippen molar-refractivity contribution in [1.29, 1.82) is 0 Å². The van der Waals surface area contributed by atoms with Gasteiger partial charge in [0.05, 0.1) is 11.9 Å². The van der Waals surface area contributed by atoms with Crippen LogP contribution in [0.15, 0.2) is 18.5 Å². The van der Waals surface area contributed by atoms with Gasteiger partial charge in [0.25, 0.3) is 5.91 Å². The minimum absolute atomic E-state index is 0.207. The molecule has 0 saturated heterocycles. The van der Waals surface area contributed by atoms with Crippen molar-refractivity contribution in [3.05, 3.63) is 29.9 Å². The SMILES string of the molecule is C=C(C)Nc1ncc(CC2CC2)nc1C(=O)NN. The highest BCUT2D eigenvalue weighted by Gasteiger charge is 2.23. The van der Waals surface area contributed by atoms with Crippen LogP contribution in [-0.2, 0) is 6.42 Å². The van der Waals surface area contributed by atoms with Crippen molar-refractivity contribution in [1.82, 2.24) is 15.4 Å². The summed E-state index contributed by atoms with van der Waals surface area (Å²) in [6.07, 6.45) is 5.01. The lowest BCUT2D eigenvalue weighted by molar-refractivity contribution is 0.0949. The summed E-state index contributed by atoms with van der Waals surface area (Å²) in [7, 11) is 0. The number of carbonyl (C=O) groups is 1. The molecule has 1 fully saturated rings. The van der Waals surface area contributed by atoms with Crippen LogP contribution in [0, 0.1) is 5.92 Å². The normalized spacial score (nSPS) is 14.1. The number of amides is 1. The van der Waals surface area contributed by atoms with E-state index in [2.05, 4.69) is 27.3 Å². The predicted molar refractivity (Wildman–Crippen MR) is 68.6 cm³/mol. The van der Waals surface area contributed by atoms with Crippen molar-refractivity contribution < 1.29 is 4.79 Å². The number of rotatable bonds is 5. The second kappa shape index (κ2) is 5.14. The Labute approximate surface area is 106 Å². The van der Waals surface area contributed by atoms with E-state index >= 15 is 0 Å². The van der Waals surface area contributed by atoms with Gasteiger partial charge in [-0.3, -0.25) is 10.2 Å². The fourth-order valence-electron chi connectivity index (χ4n) is 1.66. The monoisotopic (exact) mass is 247 g/mol. The Bertz CT molecular complexity index is 481. The van der Waals surface area contributed by atoms with E-state index in [1.165, 1.54) is 12.8 Å². The molecule has 0 atom stereocenters. The van der Waals surface area contributed by atoms with Crippen molar-refractivity contribution in [3.8, 4) is 0 Å². The number of nitrogens with one attached hydrogen (secondary N) is 2. The first-order valence-corrected chi connectivity index (χ1v) is 5.89. The number of carbonyl (C=O) groups excluding carboxylic acids is 1. The van der Waals surface area contributed by atoms with Crippen LogP contribution < -0.4 is 16.6 Å². The molecule has 0 spiro atoms. The lowest BCUT2D eigenvalue weighted by Crippen LogP contribution is -2.32. The van der Waals surface area contributed by atoms with Gasteiger partial charge >= 0.3 is 0 Å². The second-order valence-electron chi connectivity index (χ2n) is 4.58. The highest BCUT2D eigenvalue weighted by atomic mass is 16.2. The van der Waals surface area contributed by atoms with Crippen LogP contribution in [0.3, 0.4) is 0 Å². The van der Waals surface area contributed by atoms with Crippen LogP contribution in [-0.4, -0.2) is 15.9 Å². The van der Waals surface area contributed by atoms with Gasteiger partial charge in [0.1, 0.15) is 0 Å². The molecule has 18 heavy (non-hydrogen) atoms. The number of anilines is 1. The van der Waals surface area contributed by atoms with Crippen molar-refractivity contribution in [2.75, 3.05) is 5.32 Å². The summed E-state index contributed by atoms with van der Waals surface area (Å²) < 4.78 is 0. The number of nitrogens with zero attached hydrogens (tertiary/aromatic N) is 2. The Morgan fingerprint density at radius 2 is 2.33 bits per heavy atom. The Kier molecular flexibility index (Phi) is 3.57. The molecule has 1 aliphatic rings. The number of nitrogens with two attached hydrogens (primary N) is 1. The topological polar surface area (TPSA) is 92.9 Å². The third-order valence-electron chi connectivity index (χ3n) is 2.70. The number of allylic oxidation sites excluding steroid dienone is 1. The predicted octanol–water partition coefficient (Wildman–Crippen LogP) is 0.978. The second-order valence-corrected chi connectivity index (χ2v) is 4.58.